The zero-order valence-electron chi connectivity index (χ0n) is 19.7. The highest BCUT2D eigenvalue weighted by Crippen LogP contribution is 2.40. The number of nitrogens with one attached hydrogen (secondary N) is 1. The summed E-state index contributed by atoms with van der Waals surface area (Å²) in [4.78, 5) is 17.4. The van der Waals surface area contributed by atoms with Crippen molar-refractivity contribution in [2.45, 2.75) is 26.3 Å². The summed E-state index contributed by atoms with van der Waals surface area (Å²) in [5.41, 5.74) is 1.14. The Balaban J connectivity index is 1.90. The zero-order valence-corrected chi connectivity index (χ0v) is 19.7. The van der Waals surface area contributed by atoms with Crippen molar-refractivity contribution in [2.75, 3.05) is 28.4 Å². The molecule has 2 atom stereocenters. The van der Waals surface area contributed by atoms with Crippen LogP contribution >= 0.6 is 0 Å². The van der Waals surface area contributed by atoms with Gasteiger partial charge >= 0.3 is 0 Å². The molecule has 1 heterocycles. The monoisotopic (exact) mass is 455 g/mol. The summed E-state index contributed by atoms with van der Waals surface area (Å²) in [6.07, 6.45) is 0.801. The molecular weight excluding hydrogens is 426 g/mol. The van der Waals surface area contributed by atoms with Crippen LogP contribution in [-0.2, 0) is 0 Å². The van der Waals surface area contributed by atoms with Gasteiger partial charge in [0.15, 0.2) is 11.5 Å². The maximum absolute atomic E-state index is 12.9. The summed E-state index contributed by atoms with van der Waals surface area (Å²) in [7, 11) is 6.19. The second-order valence-corrected chi connectivity index (χ2v) is 7.44. The van der Waals surface area contributed by atoms with E-state index in [1.807, 2.05) is 13.8 Å². The smallest absolute Gasteiger partial charge is 0.251 e. The van der Waals surface area contributed by atoms with E-state index in [9.17, 15) is 4.79 Å². The van der Waals surface area contributed by atoms with Crippen LogP contribution in [0.2, 0.25) is 0 Å². The molecule has 0 saturated heterocycles. The van der Waals surface area contributed by atoms with Crippen molar-refractivity contribution in [3.63, 3.8) is 0 Å². The Hall–Kier alpha value is -3.75. The molecule has 9 nitrogen and oxygen atoms in total. The lowest BCUT2D eigenvalue weighted by atomic mass is 9.98. The van der Waals surface area contributed by atoms with Gasteiger partial charge in [0.25, 0.3) is 5.91 Å². The number of amides is 1. The highest BCUT2D eigenvalue weighted by molar-refractivity contribution is 5.94. The molecule has 1 aromatic heterocycles. The quantitative estimate of drug-likeness (QED) is 0.483. The van der Waals surface area contributed by atoms with Crippen molar-refractivity contribution in [3.05, 3.63) is 47.9 Å². The van der Waals surface area contributed by atoms with Crippen molar-refractivity contribution < 1.29 is 28.3 Å². The number of benzene rings is 2. The molecule has 0 aliphatic carbocycles. The minimum Gasteiger partial charge on any atom is -0.497 e. The molecule has 0 aliphatic rings. The number of rotatable bonds is 10. The van der Waals surface area contributed by atoms with Gasteiger partial charge in [-0.1, -0.05) is 25.4 Å². The molecule has 0 spiro atoms. The fraction of sp³-hybridized carbons (Fsp3) is 0.375. The van der Waals surface area contributed by atoms with E-state index in [1.54, 1.807) is 43.5 Å². The zero-order chi connectivity index (χ0) is 24.0. The Labute approximate surface area is 193 Å². The van der Waals surface area contributed by atoms with Crippen LogP contribution in [0.15, 0.2) is 40.9 Å². The van der Waals surface area contributed by atoms with Crippen LogP contribution in [0.3, 0.4) is 0 Å². The number of hydrogen-bond donors (Lipinski definition) is 1. The van der Waals surface area contributed by atoms with Crippen molar-refractivity contribution in [3.8, 4) is 34.4 Å². The lowest BCUT2D eigenvalue weighted by Gasteiger charge is -2.20. The average molecular weight is 456 g/mol. The number of methoxy groups -OCH3 is 4. The Kier molecular flexibility index (Phi) is 7.76. The number of ether oxygens (including phenoxy) is 4. The van der Waals surface area contributed by atoms with E-state index >= 15 is 0 Å². The van der Waals surface area contributed by atoms with E-state index in [0.29, 0.717) is 45.8 Å². The number of hydrogen-bond acceptors (Lipinski definition) is 8. The van der Waals surface area contributed by atoms with Crippen LogP contribution in [0.25, 0.3) is 11.4 Å². The summed E-state index contributed by atoms with van der Waals surface area (Å²) < 4.78 is 26.9. The maximum Gasteiger partial charge on any atom is 0.251 e. The largest absolute Gasteiger partial charge is 0.497 e. The first kappa shape index (κ1) is 23.9. The second kappa shape index (κ2) is 10.7. The highest BCUT2D eigenvalue weighted by Gasteiger charge is 2.27. The Bertz CT molecular complexity index is 1060. The van der Waals surface area contributed by atoms with Crippen LogP contribution in [0.1, 0.15) is 42.6 Å². The van der Waals surface area contributed by atoms with Crippen LogP contribution in [0, 0.1) is 5.92 Å². The van der Waals surface area contributed by atoms with Gasteiger partial charge in [-0.15, -0.1) is 0 Å². The molecule has 1 amide bonds. The van der Waals surface area contributed by atoms with Crippen molar-refractivity contribution in [1.82, 2.24) is 15.5 Å². The van der Waals surface area contributed by atoms with Gasteiger partial charge in [-0.2, -0.15) is 4.98 Å². The molecule has 0 bridgehead atoms. The molecule has 1 N–H and O–H groups in total. The van der Waals surface area contributed by atoms with Crippen LogP contribution in [0.5, 0.6) is 23.0 Å². The first-order valence-electron chi connectivity index (χ1n) is 10.5. The van der Waals surface area contributed by atoms with Gasteiger partial charge in [0.1, 0.15) is 11.8 Å². The van der Waals surface area contributed by atoms with Crippen LogP contribution in [0.4, 0.5) is 0 Å². The molecule has 0 saturated carbocycles. The molecule has 176 valence electrons. The van der Waals surface area contributed by atoms with E-state index in [1.165, 1.54) is 21.3 Å². The van der Waals surface area contributed by atoms with Crippen molar-refractivity contribution >= 4 is 5.91 Å². The third-order valence-corrected chi connectivity index (χ3v) is 5.48. The van der Waals surface area contributed by atoms with Gasteiger partial charge in [0.2, 0.25) is 17.5 Å². The molecular formula is C24H29N3O6. The Morgan fingerprint density at radius 3 is 2.15 bits per heavy atom. The third kappa shape index (κ3) is 5.19. The van der Waals surface area contributed by atoms with Gasteiger partial charge < -0.3 is 28.8 Å². The standard InChI is InChI=1S/C24H29N3O6/c1-7-14(2)20(25-23(28)15-8-10-17(29-3)11-9-15)24-26-22(27-33-24)16-12-18(30-4)21(32-6)19(13-16)31-5/h8-14,20H,7H2,1-6H3,(H,25,28)/t14-,20-/m1/s1. The second-order valence-electron chi connectivity index (χ2n) is 7.44. The summed E-state index contributed by atoms with van der Waals surface area (Å²) in [5, 5.41) is 7.15. The maximum atomic E-state index is 12.9. The lowest BCUT2D eigenvalue weighted by Crippen LogP contribution is -2.32. The van der Waals surface area contributed by atoms with E-state index in [2.05, 4.69) is 15.5 Å². The first-order valence-corrected chi connectivity index (χ1v) is 10.5. The SMILES string of the molecule is CC[C@@H](C)[C@@H](NC(=O)c1ccc(OC)cc1)c1nc(-c2cc(OC)c(OC)c(OC)c2)no1. The number of carbonyl (C=O) groups excluding carboxylic acids is 1. The summed E-state index contributed by atoms with van der Waals surface area (Å²) >= 11 is 0. The number of carbonyl (C=O) groups is 1. The van der Waals surface area contributed by atoms with E-state index in [4.69, 9.17) is 23.5 Å². The van der Waals surface area contributed by atoms with E-state index < -0.39 is 6.04 Å². The van der Waals surface area contributed by atoms with Crippen LogP contribution < -0.4 is 24.3 Å². The van der Waals surface area contributed by atoms with Gasteiger partial charge in [0, 0.05) is 11.1 Å². The fourth-order valence-corrected chi connectivity index (χ4v) is 3.34. The van der Waals surface area contributed by atoms with Gasteiger partial charge in [-0.3, -0.25) is 4.79 Å². The summed E-state index contributed by atoms with van der Waals surface area (Å²) in [5.74, 6) is 2.57. The first-order chi connectivity index (χ1) is 15.9. The number of nitrogens with zero attached hydrogens (tertiary/aromatic N) is 2. The van der Waals surface area contributed by atoms with Crippen LogP contribution in [-0.4, -0.2) is 44.5 Å². The predicted molar refractivity (Wildman–Crippen MR) is 122 cm³/mol. The summed E-state index contributed by atoms with van der Waals surface area (Å²) in [6.45, 7) is 4.05. The lowest BCUT2D eigenvalue weighted by molar-refractivity contribution is 0.0910. The Morgan fingerprint density at radius 2 is 1.64 bits per heavy atom. The minimum atomic E-state index is -0.465. The molecule has 0 radical (unpaired) electrons. The molecule has 9 heteroatoms. The third-order valence-electron chi connectivity index (χ3n) is 5.48. The summed E-state index contributed by atoms with van der Waals surface area (Å²) in [6, 6.07) is 9.90. The molecule has 2 aromatic carbocycles. The molecule has 0 fully saturated rings. The molecule has 0 aliphatic heterocycles. The van der Waals surface area contributed by atoms with Gasteiger partial charge in [0.05, 0.1) is 28.4 Å². The molecule has 33 heavy (non-hydrogen) atoms. The van der Waals surface area contributed by atoms with Crippen molar-refractivity contribution in [2.24, 2.45) is 5.92 Å². The van der Waals surface area contributed by atoms with E-state index in [-0.39, 0.29) is 11.8 Å². The minimum absolute atomic E-state index is 0.0560. The van der Waals surface area contributed by atoms with Gasteiger partial charge in [-0.05, 0) is 42.3 Å². The number of aromatic nitrogens is 2. The highest BCUT2D eigenvalue weighted by atomic mass is 16.5. The molecule has 3 aromatic rings. The predicted octanol–water partition coefficient (Wildman–Crippen LogP) is 4.29. The average Bonchev–Trinajstić information content (AvgIpc) is 3.35. The van der Waals surface area contributed by atoms with Gasteiger partial charge in [-0.25, -0.2) is 0 Å². The van der Waals surface area contributed by atoms with Crippen molar-refractivity contribution in [1.29, 1.82) is 0 Å². The Morgan fingerprint density at radius 1 is 1.00 bits per heavy atom. The molecule has 0 unspecified atom stereocenters. The fourth-order valence-electron chi connectivity index (χ4n) is 3.34. The topological polar surface area (TPSA) is 105 Å². The molecule has 3 rings (SSSR count). The normalized spacial score (nSPS) is 12.5. The van der Waals surface area contributed by atoms with E-state index in [0.717, 1.165) is 6.42 Å².